The monoisotopic (exact) mass is 985 g/mol. The van der Waals surface area contributed by atoms with Crippen molar-refractivity contribution >= 4 is 89.5 Å². The first kappa shape index (κ1) is 44.9. The second kappa shape index (κ2) is 18.9. The van der Waals surface area contributed by atoms with E-state index in [9.17, 15) is 0 Å². The van der Waals surface area contributed by atoms with Crippen molar-refractivity contribution in [3.63, 3.8) is 0 Å². The zero-order valence-corrected chi connectivity index (χ0v) is 42.8. The van der Waals surface area contributed by atoms with Gasteiger partial charge in [0.1, 0.15) is 0 Å². The normalized spacial score (nSPS) is 11.7. The van der Waals surface area contributed by atoms with Gasteiger partial charge in [-0.05, 0) is 128 Å². The molecule has 0 N–H and O–H groups in total. The third-order valence-corrected chi connectivity index (χ3v) is 20.3. The molecule has 0 aliphatic rings. The van der Waals surface area contributed by atoms with E-state index in [-0.39, 0.29) is 0 Å². The SMILES string of the molecule is c1ccc(-c2ccc(N(c3ccc(-c4ccc5c(c4)c4ccccc4n5-c4ccc5c6ccccc6n(-c6ccccc6)c5c4)cc3)c3ccc([Si](c4ccccc4)(c4ccccc4)c4ccccc4)cc3)cc2)cc1. The molecule has 12 aromatic carbocycles. The highest BCUT2D eigenvalue weighted by Gasteiger charge is 2.41. The molecule has 0 spiro atoms. The summed E-state index contributed by atoms with van der Waals surface area (Å²) in [6.07, 6.45) is 0. The van der Waals surface area contributed by atoms with Crippen molar-refractivity contribution in [1.82, 2.24) is 9.13 Å². The third-order valence-electron chi connectivity index (χ3n) is 15.5. The van der Waals surface area contributed by atoms with Gasteiger partial charge in [0.2, 0.25) is 0 Å². The lowest BCUT2D eigenvalue weighted by atomic mass is 10.0. The molecule has 14 aromatic rings. The van der Waals surface area contributed by atoms with E-state index in [1.165, 1.54) is 81.0 Å². The minimum Gasteiger partial charge on any atom is -0.311 e. The molecule has 0 aliphatic heterocycles. The molecule has 3 nitrogen and oxygen atoms in total. The molecule has 0 saturated heterocycles. The third kappa shape index (κ3) is 7.57. The van der Waals surface area contributed by atoms with Crippen LogP contribution in [0, 0.1) is 0 Å². The van der Waals surface area contributed by atoms with Crippen LogP contribution in [0.3, 0.4) is 0 Å². The van der Waals surface area contributed by atoms with E-state index in [1.807, 2.05) is 0 Å². The van der Waals surface area contributed by atoms with E-state index >= 15 is 0 Å². The van der Waals surface area contributed by atoms with Gasteiger partial charge in [-0.3, -0.25) is 0 Å². The first-order valence-electron chi connectivity index (χ1n) is 26.2. The van der Waals surface area contributed by atoms with Gasteiger partial charge in [0.25, 0.3) is 0 Å². The molecular formula is C72H51N3Si. The van der Waals surface area contributed by atoms with Gasteiger partial charge in [-0.15, -0.1) is 0 Å². The average Bonchev–Trinajstić information content (AvgIpc) is 4.10. The van der Waals surface area contributed by atoms with Crippen LogP contribution in [0.15, 0.2) is 309 Å². The van der Waals surface area contributed by atoms with Gasteiger partial charge in [0, 0.05) is 50.0 Å². The largest absolute Gasteiger partial charge is 0.311 e. The Morgan fingerprint density at radius 3 is 1.13 bits per heavy atom. The average molecular weight is 986 g/mol. The van der Waals surface area contributed by atoms with E-state index in [2.05, 4.69) is 323 Å². The van der Waals surface area contributed by atoms with Crippen LogP contribution in [0.2, 0.25) is 0 Å². The van der Waals surface area contributed by atoms with Gasteiger partial charge in [0.15, 0.2) is 8.07 Å². The predicted molar refractivity (Wildman–Crippen MR) is 324 cm³/mol. The Balaban J connectivity index is 0.866. The van der Waals surface area contributed by atoms with Crippen molar-refractivity contribution in [3.05, 3.63) is 309 Å². The quantitative estimate of drug-likeness (QED) is 0.0930. The molecule has 76 heavy (non-hydrogen) atoms. The van der Waals surface area contributed by atoms with Crippen molar-refractivity contribution in [2.45, 2.75) is 0 Å². The standard InChI is InChI=1S/C72H51N3Si/c1-6-20-52(21-7-1)53-34-39-57(40-35-53)73(59-43-46-64(47-44-59)76(61-24-10-3-11-25-61,62-26-12-4-13-27-62)63-28-14-5-15-29-63)58-41-36-54(37-42-58)55-38-49-71-68(50-55)66-31-17-19-33-70(66)75(71)60-45-48-67-65-30-16-18-32-69(65)74(72(67)51-60)56-22-8-2-9-23-56/h1-51H. The van der Waals surface area contributed by atoms with Crippen molar-refractivity contribution in [2.75, 3.05) is 4.90 Å². The molecule has 0 saturated carbocycles. The summed E-state index contributed by atoms with van der Waals surface area (Å²) in [5.74, 6) is 0. The van der Waals surface area contributed by atoms with Crippen LogP contribution in [-0.2, 0) is 0 Å². The summed E-state index contributed by atoms with van der Waals surface area (Å²) in [7, 11) is -2.72. The fourth-order valence-corrected chi connectivity index (χ4v) is 16.7. The molecule has 0 unspecified atom stereocenters. The number of para-hydroxylation sites is 3. The summed E-state index contributed by atoms with van der Waals surface area (Å²) < 4.78 is 4.83. The minimum absolute atomic E-state index is 1.09. The fraction of sp³-hybridized carbons (Fsp3) is 0. The van der Waals surface area contributed by atoms with E-state index in [0.717, 1.165) is 34.0 Å². The number of nitrogens with zero attached hydrogens (tertiary/aromatic N) is 3. The van der Waals surface area contributed by atoms with Gasteiger partial charge in [-0.25, -0.2) is 0 Å². The molecule has 2 aromatic heterocycles. The summed E-state index contributed by atoms with van der Waals surface area (Å²) in [5.41, 5.74) is 15.0. The molecule has 0 bridgehead atoms. The molecule has 4 heteroatoms. The van der Waals surface area contributed by atoms with E-state index in [4.69, 9.17) is 0 Å². The van der Waals surface area contributed by atoms with E-state index in [0.29, 0.717) is 0 Å². The molecule has 0 fully saturated rings. The summed E-state index contributed by atoms with van der Waals surface area (Å²) in [4.78, 5) is 2.39. The van der Waals surface area contributed by atoms with Gasteiger partial charge >= 0.3 is 0 Å². The van der Waals surface area contributed by atoms with Crippen molar-refractivity contribution in [2.24, 2.45) is 0 Å². The lowest BCUT2D eigenvalue weighted by molar-refractivity contribution is 1.15. The topological polar surface area (TPSA) is 13.1 Å². The van der Waals surface area contributed by atoms with Gasteiger partial charge in [0.05, 0.1) is 22.1 Å². The van der Waals surface area contributed by atoms with Crippen LogP contribution in [0.5, 0.6) is 0 Å². The van der Waals surface area contributed by atoms with Crippen LogP contribution in [0.1, 0.15) is 0 Å². The summed E-state index contributed by atoms with van der Waals surface area (Å²) in [6.45, 7) is 0. The van der Waals surface area contributed by atoms with Crippen molar-refractivity contribution in [1.29, 1.82) is 0 Å². The number of benzene rings is 12. The highest BCUT2D eigenvalue weighted by molar-refractivity contribution is 7.19. The molecule has 0 radical (unpaired) electrons. The maximum absolute atomic E-state index is 2.72. The molecule has 0 aliphatic carbocycles. The van der Waals surface area contributed by atoms with Crippen molar-refractivity contribution < 1.29 is 0 Å². The molecule has 0 amide bonds. The second-order valence-corrected chi connectivity index (χ2v) is 23.5. The number of hydrogen-bond acceptors (Lipinski definition) is 1. The lowest BCUT2D eigenvalue weighted by Gasteiger charge is -2.35. The number of rotatable bonds is 11. The predicted octanol–water partition coefficient (Wildman–Crippen LogP) is 16.1. The smallest absolute Gasteiger partial charge is 0.179 e. The summed E-state index contributed by atoms with van der Waals surface area (Å²) in [5, 5.41) is 10.4. The molecular weight excluding hydrogens is 935 g/mol. The zero-order valence-electron chi connectivity index (χ0n) is 41.8. The maximum atomic E-state index is 2.43. The summed E-state index contributed by atoms with van der Waals surface area (Å²) >= 11 is 0. The Morgan fingerprint density at radius 1 is 0.224 bits per heavy atom. The van der Waals surface area contributed by atoms with Crippen LogP contribution in [0.4, 0.5) is 17.1 Å². The molecule has 0 atom stereocenters. The highest BCUT2D eigenvalue weighted by atomic mass is 28.3. The number of anilines is 3. The zero-order chi connectivity index (χ0) is 50.4. The Hall–Kier alpha value is -9.74. The van der Waals surface area contributed by atoms with E-state index in [1.54, 1.807) is 0 Å². The maximum Gasteiger partial charge on any atom is 0.179 e. The molecule has 2 heterocycles. The number of hydrogen-bond donors (Lipinski definition) is 0. The Labute approximate surface area is 444 Å². The van der Waals surface area contributed by atoms with Gasteiger partial charge < -0.3 is 14.0 Å². The first-order valence-corrected chi connectivity index (χ1v) is 28.2. The van der Waals surface area contributed by atoms with Crippen LogP contribution in [0.25, 0.3) is 77.2 Å². The van der Waals surface area contributed by atoms with Crippen LogP contribution < -0.4 is 25.6 Å². The lowest BCUT2D eigenvalue weighted by Crippen LogP contribution is -2.74. The van der Waals surface area contributed by atoms with Crippen LogP contribution in [-0.4, -0.2) is 17.2 Å². The number of fused-ring (bicyclic) bond motifs is 6. The first-order chi connectivity index (χ1) is 37.7. The second-order valence-electron chi connectivity index (χ2n) is 19.7. The Kier molecular flexibility index (Phi) is 11.2. The van der Waals surface area contributed by atoms with Crippen molar-refractivity contribution in [3.8, 4) is 33.6 Å². The van der Waals surface area contributed by atoms with Crippen LogP contribution >= 0.6 is 0 Å². The van der Waals surface area contributed by atoms with E-state index < -0.39 is 8.07 Å². The van der Waals surface area contributed by atoms with Gasteiger partial charge in [-0.2, -0.15) is 0 Å². The summed E-state index contributed by atoms with van der Waals surface area (Å²) in [6, 6.07) is 114. The Morgan fingerprint density at radius 2 is 0.592 bits per heavy atom. The molecule has 14 rings (SSSR count). The molecule has 358 valence electrons. The highest BCUT2D eigenvalue weighted by Crippen LogP contribution is 2.40. The Bertz CT molecular complexity index is 4240. The number of aromatic nitrogens is 2. The minimum atomic E-state index is -2.72. The van der Waals surface area contributed by atoms with Gasteiger partial charge in [-0.1, -0.05) is 224 Å². The fourth-order valence-electron chi connectivity index (χ4n) is 12.0.